The molecule has 0 amide bonds. The Morgan fingerprint density at radius 2 is 1.80 bits per heavy atom. The molecule has 1 atom stereocenters. The Morgan fingerprint density at radius 3 is 2.45 bits per heavy atom. The van der Waals surface area contributed by atoms with Crippen molar-refractivity contribution in [1.82, 2.24) is 0 Å². The zero-order chi connectivity index (χ0) is 14.5. The molecule has 0 aliphatic carbocycles. The van der Waals surface area contributed by atoms with Crippen molar-refractivity contribution in [1.29, 1.82) is 0 Å². The van der Waals surface area contributed by atoms with E-state index in [0.29, 0.717) is 6.61 Å². The molecule has 3 nitrogen and oxygen atoms in total. The van der Waals surface area contributed by atoms with Gasteiger partial charge in [0.2, 0.25) is 0 Å². The molecule has 0 aliphatic rings. The fourth-order valence-corrected chi connectivity index (χ4v) is 2.34. The highest BCUT2D eigenvalue weighted by molar-refractivity contribution is 5.42. The predicted molar refractivity (Wildman–Crippen MR) is 78.9 cm³/mol. The average Bonchev–Trinajstić information content (AvgIpc) is 2.47. The Hall–Kier alpha value is -1.84. The molecule has 3 heteroatoms. The fourth-order valence-electron chi connectivity index (χ4n) is 2.34. The molecule has 0 heterocycles. The minimum atomic E-state index is -0.660. The van der Waals surface area contributed by atoms with Crippen molar-refractivity contribution in [3.63, 3.8) is 0 Å². The number of aliphatic hydroxyl groups excluding tert-OH is 1. The molecule has 0 saturated heterocycles. The van der Waals surface area contributed by atoms with Gasteiger partial charge in [-0.25, -0.2) is 0 Å². The first kappa shape index (κ1) is 14.6. The SMILES string of the molecule is COCc1ccccc1C(O)c1ccc(OC)cc1C. The Bertz CT molecular complexity index is 578. The molecular weight excluding hydrogens is 252 g/mol. The smallest absolute Gasteiger partial charge is 0.119 e. The zero-order valence-corrected chi connectivity index (χ0v) is 12.1. The maximum atomic E-state index is 10.6. The Kier molecular flexibility index (Phi) is 4.77. The number of hydrogen-bond acceptors (Lipinski definition) is 3. The maximum absolute atomic E-state index is 10.6. The van der Waals surface area contributed by atoms with Gasteiger partial charge in [0, 0.05) is 7.11 Å². The second kappa shape index (κ2) is 6.55. The molecule has 2 aromatic rings. The van der Waals surface area contributed by atoms with Crippen LogP contribution in [0.4, 0.5) is 0 Å². The largest absolute Gasteiger partial charge is 0.497 e. The molecule has 0 fully saturated rings. The third kappa shape index (κ3) is 3.00. The van der Waals surface area contributed by atoms with E-state index in [1.54, 1.807) is 14.2 Å². The monoisotopic (exact) mass is 272 g/mol. The summed E-state index contributed by atoms with van der Waals surface area (Å²) in [5, 5.41) is 10.6. The summed E-state index contributed by atoms with van der Waals surface area (Å²) in [6, 6.07) is 13.5. The molecular formula is C17H20O3. The van der Waals surface area contributed by atoms with Crippen molar-refractivity contribution < 1.29 is 14.6 Å². The van der Waals surface area contributed by atoms with Gasteiger partial charge in [0.25, 0.3) is 0 Å². The van der Waals surface area contributed by atoms with Crippen LogP contribution in [0.25, 0.3) is 0 Å². The molecule has 1 unspecified atom stereocenters. The van der Waals surface area contributed by atoms with Gasteiger partial charge >= 0.3 is 0 Å². The normalized spacial score (nSPS) is 12.2. The van der Waals surface area contributed by atoms with Crippen LogP contribution in [0.1, 0.15) is 28.4 Å². The van der Waals surface area contributed by atoms with E-state index in [1.165, 1.54) is 0 Å². The lowest BCUT2D eigenvalue weighted by Gasteiger charge is -2.18. The number of ether oxygens (including phenoxy) is 2. The number of rotatable bonds is 5. The molecule has 2 aromatic carbocycles. The first-order chi connectivity index (χ1) is 9.67. The van der Waals surface area contributed by atoms with Crippen LogP contribution in [-0.2, 0) is 11.3 Å². The third-order valence-electron chi connectivity index (χ3n) is 3.42. The van der Waals surface area contributed by atoms with Gasteiger partial charge in [-0.05, 0) is 41.3 Å². The van der Waals surface area contributed by atoms with Gasteiger partial charge < -0.3 is 14.6 Å². The predicted octanol–water partition coefficient (Wildman–Crippen LogP) is 3.23. The molecule has 106 valence electrons. The Balaban J connectivity index is 2.38. The van der Waals surface area contributed by atoms with Crippen LogP contribution in [0.5, 0.6) is 5.75 Å². The van der Waals surface area contributed by atoms with E-state index in [-0.39, 0.29) is 0 Å². The van der Waals surface area contributed by atoms with Gasteiger partial charge in [-0.1, -0.05) is 30.3 Å². The summed E-state index contributed by atoms with van der Waals surface area (Å²) in [6.45, 7) is 2.46. The summed E-state index contributed by atoms with van der Waals surface area (Å²) in [4.78, 5) is 0. The summed E-state index contributed by atoms with van der Waals surface area (Å²) >= 11 is 0. The second-order valence-electron chi connectivity index (χ2n) is 4.76. The standard InChI is InChI=1S/C17H20O3/c1-12-10-14(20-3)8-9-15(12)17(18)16-7-5-4-6-13(16)11-19-2/h4-10,17-18H,11H2,1-3H3. The van der Waals surface area contributed by atoms with Gasteiger partial charge in [0.05, 0.1) is 13.7 Å². The van der Waals surface area contributed by atoms with Crippen LogP contribution >= 0.6 is 0 Å². The maximum Gasteiger partial charge on any atom is 0.119 e. The quantitative estimate of drug-likeness (QED) is 0.908. The summed E-state index contributed by atoms with van der Waals surface area (Å²) in [7, 11) is 3.29. The second-order valence-corrected chi connectivity index (χ2v) is 4.76. The number of hydrogen-bond donors (Lipinski definition) is 1. The van der Waals surface area contributed by atoms with E-state index >= 15 is 0 Å². The van der Waals surface area contributed by atoms with Gasteiger partial charge in [0.1, 0.15) is 11.9 Å². The molecule has 20 heavy (non-hydrogen) atoms. The first-order valence-corrected chi connectivity index (χ1v) is 6.56. The Morgan fingerprint density at radius 1 is 1.05 bits per heavy atom. The molecule has 2 rings (SSSR count). The van der Waals surface area contributed by atoms with Crippen LogP contribution in [0.2, 0.25) is 0 Å². The molecule has 0 aromatic heterocycles. The summed E-state index contributed by atoms with van der Waals surface area (Å²) in [6.07, 6.45) is -0.660. The van der Waals surface area contributed by atoms with Crippen molar-refractivity contribution in [3.05, 3.63) is 64.7 Å². The number of aryl methyl sites for hydroxylation is 1. The van der Waals surface area contributed by atoms with Gasteiger partial charge in [-0.2, -0.15) is 0 Å². The van der Waals surface area contributed by atoms with Gasteiger partial charge in [0.15, 0.2) is 0 Å². The molecule has 0 aliphatic heterocycles. The van der Waals surface area contributed by atoms with Crippen molar-refractivity contribution in [2.24, 2.45) is 0 Å². The lowest BCUT2D eigenvalue weighted by molar-refractivity contribution is 0.176. The molecule has 0 bridgehead atoms. The van der Waals surface area contributed by atoms with Crippen LogP contribution in [-0.4, -0.2) is 19.3 Å². The van der Waals surface area contributed by atoms with Crippen LogP contribution in [0.3, 0.4) is 0 Å². The van der Waals surface area contributed by atoms with Crippen molar-refractivity contribution in [2.75, 3.05) is 14.2 Å². The minimum absolute atomic E-state index is 0.489. The lowest BCUT2D eigenvalue weighted by Crippen LogP contribution is -2.06. The van der Waals surface area contributed by atoms with E-state index in [4.69, 9.17) is 9.47 Å². The lowest BCUT2D eigenvalue weighted by atomic mass is 9.94. The fraction of sp³-hybridized carbons (Fsp3) is 0.294. The highest BCUT2D eigenvalue weighted by atomic mass is 16.5. The molecule has 0 radical (unpaired) electrons. The van der Waals surface area contributed by atoms with Gasteiger partial charge in [-0.15, -0.1) is 0 Å². The first-order valence-electron chi connectivity index (χ1n) is 6.56. The summed E-state index contributed by atoms with van der Waals surface area (Å²) < 4.78 is 10.4. The van der Waals surface area contributed by atoms with Crippen molar-refractivity contribution in [2.45, 2.75) is 19.6 Å². The third-order valence-corrected chi connectivity index (χ3v) is 3.42. The van der Waals surface area contributed by atoms with E-state index in [9.17, 15) is 5.11 Å². The topological polar surface area (TPSA) is 38.7 Å². The van der Waals surface area contributed by atoms with Crippen LogP contribution in [0, 0.1) is 6.92 Å². The van der Waals surface area contributed by atoms with Crippen LogP contribution in [0.15, 0.2) is 42.5 Å². The van der Waals surface area contributed by atoms with E-state index in [1.807, 2.05) is 49.4 Å². The molecule has 1 N–H and O–H groups in total. The minimum Gasteiger partial charge on any atom is -0.497 e. The van der Waals surface area contributed by atoms with E-state index < -0.39 is 6.10 Å². The van der Waals surface area contributed by atoms with Crippen LogP contribution < -0.4 is 4.74 Å². The van der Waals surface area contributed by atoms with Crippen molar-refractivity contribution >= 4 is 0 Å². The van der Waals surface area contributed by atoms with Crippen molar-refractivity contribution in [3.8, 4) is 5.75 Å². The number of methoxy groups -OCH3 is 2. The van der Waals surface area contributed by atoms with E-state index in [0.717, 1.165) is 28.0 Å². The Labute approximate surface area is 119 Å². The summed E-state index contributed by atoms with van der Waals surface area (Å²) in [5.41, 5.74) is 3.76. The summed E-state index contributed by atoms with van der Waals surface area (Å²) in [5.74, 6) is 0.795. The van der Waals surface area contributed by atoms with E-state index in [2.05, 4.69) is 0 Å². The zero-order valence-electron chi connectivity index (χ0n) is 12.1. The molecule has 0 saturated carbocycles. The highest BCUT2D eigenvalue weighted by Gasteiger charge is 2.16. The highest BCUT2D eigenvalue weighted by Crippen LogP contribution is 2.29. The average molecular weight is 272 g/mol. The van der Waals surface area contributed by atoms with Gasteiger partial charge in [-0.3, -0.25) is 0 Å². The molecule has 0 spiro atoms. The number of aliphatic hydroxyl groups is 1. The number of benzene rings is 2.